The zero-order chi connectivity index (χ0) is 20.8. The lowest BCUT2D eigenvalue weighted by Gasteiger charge is -2.26. The van der Waals surface area contributed by atoms with Crippen molar-refractivity contribution in [1.29, 1.82) is 0 Å². The molecule has 3 rings (SSSR count). The number of aromatic nitrogens is 2. The SMILES string of the molecule is C=C(NCc1cccc(CN2CCOCC2)c1)c1nc(N)nc(C(=C)OC)c1C. The number of rotatable bonds is 8. The van der Waals surface area contributed by atoms with Gasteiger partial charge < -0.3 is 20.5 Å². The molecule has 1 aromatic carbocycles. The van der Waals surface area contributed by atoms with Gasteiger partial charge in [0.2, 0.25) is 5.95 Å². The highest BCUT2D eigenvalue weighted by Crippen LogP contribution is 2.22. The fourth-order valence-electron chi connectivity index (χ4n) is 3.34. The smallest absolute Gasteiger partial charge is 0.221 e. The van der Waals surface area contributed by atoms with Crippen molar-refractivity contribution in [1.82, 2.24) is 20.2 Å². The Morgan fingerprint density at radius 1 is 1.21 bits per heavy atom. The van der Waals surface area contributed by atoms with Crippen LogP contribution in [0.1, 0.15) is 28.1 Å². The number of methoxy groups -OCH3 is 1. The van der Waals surface area contributed by atoms with Crippen LogP contribution in [0.15, 0.2) is 37.4 Å². The van der Waals surface area contributed by atoms with E-state index in [1.54, 1.807) is 7.11 Å². The molecule has 1 aromatic heterocycles. The predicted octanol–water partition coefficient (Wildman–Crippen LogP) is 2.58. The fraction of sp³-hybridized carbons (Fsp3) is 0.364. The summed E-state index contributed by atoms with van der Waals surface area (Å²) >= 11 is 0. The summed E-state index contributed by atoms with van der Waals surface area (Å²) in [6.45, 7) is 15.0. The Bertz CT molecular complexity index is 891. The van der Waals surface area contributed by atoms with Crippen LogP contribution in [0.25, 0.3) is 11.5 Å². The molecule has 1 fully saturated rings. The van der Waals surface area contributed by atoms with E-state index in [-0.39, 0.29) is 5.95 Å². The molecule has 0 bridgehead atoms. The molecule has 0 aliphatic carbocycles. The van der Waals surface area contributed by atoms with E-state index in [1.807, 2.05) is 6.92 Å². The second-order valence-corrected chi connectivity index (χ2v) is 7.07. The molecule has 29 heavy (non-hydrogen) atoms. The summed E-state index contributed by atoms with van der Waals surface area (Å²) in [5.41, 5.74) is 11.1. The quantitative estimate of drug-likeness (QED) is 0.665. The van der Waals surface area contributed by atoms with Crippen molar-refractivity contribution in [2.45, 2.75) is 20.0 Å². The maximum Gasteiger partial charge on any atom is 0.221 e. The topological polar surface area (TPSA) is 85.5 Å². The zero-order valence-electron chi connectivity index (χ0n) is 17.2. The Labute approximate surface area is 172 Å². The van der Waals surface area contributed by atoms with Crippen LogP contribution >= 0.6 is 0 Å². The molecule has 0 saturated carbocycles. The third kappa shape index (κ3) is 5.34. The van der Waals surface area contributed by atoms with Gasteiger partial charge in [0.05, 0.1) is 31.7 Å². The molecule has 0 unspecified atom stereocenters. The molecule has 2 aromatic rings. The number of nitrogen functional groups attached to an aromatic ring is 1. The van der Waals surface area contributed by atoms with E-state index in [9.17, 15) is 0 Å². The molecule has 0 radical (unpaired) electrons. The first-order valence-corrected chi connectivity index (χ1v) is 9.66. The van der Waals surface area contributed by atoms with Gasteiger partial charge in [-0.25, -0.2) is 9.97 Å². The van der Waals surface area contributed by atoms with Crippen molar-refractivity contribution >= 4 is 17.4 Å². The third-order valence-electron chi connectivity index (χ3n) is 4.97. The molecule has 0 spiro atoms. The van der Waals surface area contributed by atoms with Crippen LogP contribution in [-0.4, -0.2) is 48.3 Å². The lowest BCUT2D eigenvalue weighted by atomic mass is 10.1. The van der Waals surface area contributed by atoms with Crippen LogP contribution in [0.4, 0.5) is 5.95 Å². The number of hydrogen-bond donors (Lipinski definition) is 2. The Morgan fingerprint density at radius 3 is 2.62 bits per heavy atom. The van der Waals surface area contributed by atoms with E-state index < -0.39 is 0 Å². The molecule has 1 aliphatic rings. The Balaban J connectivity index is 1.67. The summed E-state index contributed by atoms with van der Waals surface area (Å²) in [6, 6.07) is 8.56. The first kappa shape index (κ1) is 20.8. The maximum absolute atomic E-state index is 5.87. The third-order valence-corrected chi connectivity index (χ3v) is 4.97. The molecule has 154 valence electrons. The normalized spacial score (nSPS) is 14.4. The highest BCUT2D eigenvalue weighted by molar-refractivity contribution is 5.68. The van der Waals surface area contributed by atoms with Crippen LogP contribution in [0.2, 0.25) is 0 Å². The number of nitrogens with one attached hydrogen (secondary N) is 1. The summed E-state index contributed by atoms with van der Waals surface area (Å²) in [4.78, 5) is 11.0. The van der Waals surface area contributed by atoms with Crippen LogP contribution in [0, 0.1) is 6.92 Å². The largest absolute Gasteiger partial charge is 0.495 e. The number of morpholine rings is 1. The van der Waals surface area contributed by atoms with Gasteiger partial charge in [0.15, 0.2) is 0 Å². The summed E-state index contributed by atoms with van der Waals surface area (Å²) < 4.78 is 10.6. The summed E-state index contributed by atoms with van der Waals surface area (Å²) in [5, 5.41) is 3.35. The number of nitrogens with two attached hydrogens (primary N) is 1. The summed E-state index contributed by atoms with van der Waals surface area (Å²) in [6.07, 6.45) is 0. The van der Waals surface area contributed by atoms with Gasteiger partial charge in [0.1, 0.15) is 11.5 Å². The molecule has 1 aliphatic heterocycles. The maximum atomic E-state index is 5.87. The van der Waals surface area contributed by atoms with E-state index in [2.05, 4.69) is 57.6 Å². The van der Waals surface area contributed by atoms with Gasteiger partial charge in [-0.1, -0.05) is 37.4 Å². The monoisotopic (exact) mass is 395 g/mol. The average molecular weight is 396 g/mol. The average Bonchev–Trinajstić information content (AvgIpc) is 2.74. The van der Waals surface area contributed by atoms with Gasteiger partial charge in [0.25, 0.3) is 0 Å². The highest BCUT2D eigenvalue weighted by Gasteiger charge is 2.15. The summed E-state index contributed by atoms with van der Waals surface area (Å²) in [7, 11) is 1.55. The van der Waals surface area contributed by atoms with E-state index in [4.69, 9.17) is 15.2 Å². The van der Waals surface area contributed by atoms with Crippen LogP contribution in [-0.2, 0) is 22.6 Å². The van der Waals surface area contributed by atoms with E-state index in [0.717, 1.165) is 38.4 Å². The molecule has 0 atom stereocenters. The van der Waals surface area contributed by atoms with Gasteiger partial charge in [-0.2, -0.15) is 0 Å². The fourth-order valence-corrected chi connectivity index (χ4v) is 3.34. The first-order valence-electron chi connectivity index (χ1n) is 9.66. The first-order chi connectivity index (χ1) is 14.0. The molecule has 1 saturated heterocycles. The molecule has 3 N–H and O–H groups in total. The van der Waals surface area contributed by atoms with Crippen molar-refractivity contribution < 1.29 is 9.47 Å². The van der Waals surface area contributed by atoms with E-state index in [1.165, 1.54) is 11.1 Å². The van der Waals surface area contributed by atoms with Gasteiger partial charge in [0, 0.05) is 31.7 Å². The second-order valence-electron chi connectivity index (χ2n) is 7.07. The predicted molar refractivity (Wildman–Crippen MR) is 116 cm³/mol. The molecule has 7 heteroatoms. The molecular weight excluding hydrogens is 366 g/mol. The number of benzene rings is 1. The second kappa shape index (κ2) is 9.54. The van der Waals surface area contributed by atoms with E-state index >= 15 is 0 Å². The number of ether oxygens (including phenoxy) is 2. The highest BCUT2D eigenvalue weighted by atomic mass is 16.5. The Hall–Kier alpha value is -2.90. The minimum Gasteiger partial charge on any atom is -0.495 e. The lowest BCUT2D eigenvalue weighted by molar-refractivity contribution is 0.0342. The van der Waals surface area contributed by atoms with Crippen molar-refractivity contribution in [3.8, 4) is 0 Å². The number of hydrogen-bond acceptors (Lipinski definition) is 7. The van der Waals surface area contributed by atoms with Crippen molar-refractivity contribution in [2.24, 2.45) is 0 Å². The van der Waals surface area contributed by atoms with Crippen LogP contribution in [0.3, 0.4) is 0 Å². The van der Waals surface area contributed by atoms with Gasteiger partial charge in [-0.15, -0.1) is 0 Å². The standard InChI is InChI=1S/C22H29N5O2/c1-15-20(25-22(23)26-21(15)17(3)28-4)16(2)24-13-18-6-5-7-19(12-18)14-27-8-10-29-11-9-27/h5-7,12,24H,2-3,8-11,13-14H2,1,4H3,(H2,23,25,26). The molecule has 2 heterocycles. The molecular formula is C22H29N5O2. The van der Waals surface area contributed by atoms with Crippen LogP contribution < -0.4 is 11.1 Å². The number of anilines is 1. The van der Waals surface area contributed by atoms with Gasteiger partial charge >= 0.3 is 0 Å². The Kier molecular flexibility index (Phi) is 6.85. The van der Waals surface area contributed by atoms with Crippen LogP contribution in [0.5, 0.6) is 0 Å². The number of nitrogens with zero attached hydrogens (tertiary/aromatic N) is 3. The summed E-state index contributed by atoms with van der Waals surface area (Å²) in [5.74, 6) is 0.607. The van der Waals surface area contributed by atoms with Crippen molar-refractivity contribution in [3.05, 3.63) is 65.5 Å². The van der Waals surface area contributed by atoms with Crippen molar-refractivity contribution in [2.75, 3.05) is 39.1 Å². The molecule has 7 nitrogen and oxygen atoms in total. The van der Waals surface area contributed by atoms with Crippen molar-refractivity contribution in [3.63, 3.8) is 0 Å². The minimum atomic E-state index is 0.161. The lowest BCUT2D eigenvalue weighted by Crippen LogP contribution is -2.35. The zero-order valence-corrected chi connectivity index (χ0v) is 17.2. The minimum absolute atomic E-state index is 0.161. The molecule has 0 amide bonds. The Morgan fingerprint density at radius 2 is 1.90 bits per heavy atom. The van der Waals surface area contributed by atoms with Gasteiger partial charge in [-0.3, -0.25) is 4.90 Å². The van der Waals surface area contributed by atoms with Gasteiger partial charge in [-0.05, 0) is 18.1 Å². The van der Waals surface area contributed by atoms with E-state index in [0.29, 0.717) is 29.4 Å².